The van der Waals surface area contributed by atoms with Crippen molar-refractivity contribution in [3.8, 4) is 0 Å². The molecule has 0 radical (unpaired) electrons. The Bertz CT molecular complexity index is 648. The van der Waals surface area contributed by atoms with Crippen LogP contribution in [0.4, 0.5) is 0 Å². The lowest BCUT2D eigenvalue weighted by molar-refractivity contribution is -0.121. The van der Waals surface area contributed by atoms with Crippen molar-refractivity contribution in [3.63, 3.8) is 0 Å². The number of aryl methyl sites for hydroxylation is 1. The first-order chi connectivity index (χ1) is 11.7. The normalized spacial score (nSPS) is 16.2. The molecule has 128 valence electrons. The monoisotopic (exact) mass is 343 g/mol. The van der Waals surface area contributed by atoms with Gasteiger partial charge in [-0.25, -0.2) is 0 Å². The Balaban J connectivity index is 1.36. The highest BCUT2D eigenvalue weighted by molar-refractivity contribution is 7.12. The Kier molecular flexibility index (Phi) is 5.99. The van der Waals surface area contributed by atoms with E-state index in [4.69, 9.17) is 0 Å². The van der Waals surface area contributed by atoms with Crippen molar-refractivity contribution in [1.29, 1.82) is 0 Å². The summed E-state index contributed by atoms with van der Waals surface area (Å²) >= 11 is 1.71. The fourth-order valence-electron chi connectivity index (χ4n) is 3.15. The fourth-order valence-corrected chi connectivity index (χ4v) is 4.04. The third-order valence-electron chi connectivity index (χ3n) is 4.55. The van der Waals surface area contributed by atoms with Crippen LogP contribution in [-0.4, -0.2) is 41.5 Å². The SMILES string of the molecule is Cc1ccc(CC(=O)NC2CCN(CCc3ccncc3)CC2)s1. The Labute approximate surface area is 147 Å². The van der Waals surface area contributed by atoms with Gasteiger partial charge in [0.05, 0.1) is 6.42 Å². The number of hydrogen-bond donors (Lipinski definition) is 1. The van der Waals surface area contributed by atoms with E-state index in [2.05, 4.69) is 46.4 Å². The molecule has 24 heavy (non-hydrogen) atoms. The topological polar surface area (TPSA) is 45.2 Å². The third-order valence-corrected chi connectivity index (χ3v) is 5.55. The highest BCUT2D eigenvalue weighted by atomic mass is 32.1. The predicted molar refractivity (Wildman–Crippen MR) is 98.3 cm³/mol. The Morgan fingerprint density at radius 1 is 1.25 bits per heavy atom. The number of amides is 1. The summed E-state index contributed by atoms with van der Waals surface area (Å²) in [6.07, 6.45) is 7.38. The number of rotatable bonds is 6. The van der Waals surface area contributed by atoms with Gasteiger partial charge in [0.2, 0.25) is 5.91 Å². The highest BCUT2D eigenvalue weighted by Crippen LogP contribution is 2.16. The number of carbonyl (C=O) groups is 1. The molecule has 1 saturated heterocycles. The van der Waals surface area contributed by atoms with Crippen LogP contribution >= 0.6 is 11.3 Å². The largest absolute Gasteiger partial charge is 0.353 e. The van der Waals surface area contributed by atoms with E-state index >= 15 is 0 Å². The van der Waals surface area contributed by atoms with E-state index in [-0.39, 0.29) is 5.91 Å². The number of likely N-dealkylation sites (tertiary alicyclic amines) is 1. The summed E-state index contributed by atoms with van der Waals surface area (Å²) in [4.78, 5) is 21.1. The molecule has 1 amide bonds. The van der Waals surface area contributed by atoms with Gasteiger partial charge in [0.25, 0.3) is 0 Å². The molecule has 0 spiro atoms. The van der Waals surface area contributed by atoms with Gasteiger partial charge in [-0.15, -0.1) is 11.3 Å². The average molecular weight is 343 g/mol. The summed E-state index contributed by atoms with van der Waals surface area (Å²) in [6.45, 7) is 5.29. The van der Waals surface area contributed by atoms with Crippen LogP contribution in [0.25, 0.3) is 0 Å². The zero-order chi connectivity index (χ0) is 16.8. The fraction of sp³-hybridized carbons (Fsp3) is 0.474. The number of aromatic nitrogens is 1. The molecule has 0 atom stereocenters. The summed E-state index contributed by atoms with van der Waals surface area (Å²) in [5.41, 5.74) is 1.34. The first kappa shape index (κ1) is 17.1. The van der Waals surface area contributed by atoms with Crippen molar-refractivity contribution in [2.45, 2.75) is 38.6 Å². The van der Waals surface area contributed by atoms with Gasteiger partial charge < -0.3 is 10.2 Å². The van der Waals surface area contributed by atoms with Gasteiger partial charge in [-0.05, 0) is 56.0 Å². The minimum Gasteiger partial charge on any atom is -0.353 e. The number of hydrogen-bond acceptors (Lipinski definition) is 4. The van der Waals surface area contributed by atoms with Crippen LogP contribution in [0.15, 0.2) is 36.7 Å². The number of pyridine rings is 1. The molecule has 0 aromatic carbocycles. The number of piperidine rings is 1. The van der Waals surface area contributed by atoms with Gasteiger partial charge in [-0.2, -0.15) is 0 Å². The highest BCUT2D eigenvalue weighted by Gasteiger charge is 2.20. The van der Waals surface area contributed by atoms with Gasteiger partial charge in [0.1, 0.15) is 0 Å². The molecule has 0 unspecified atom stereocenters. The lowest BCUT2D eigenvalue weighted by atomic mass is 10.0. The maximum Gasteiger partial charge on any atom is 0.225 e. The van der Waals surface area contributed by atoms with Crippen LogP contribution in [-0.2, 0) is 17.6 Å². The molecule has 2 aromatic heterocycles. The summed E-state index contributed by atoms with van der Waals surface area (Å²) < 4.78 is 0. The van der Waals surface area contributed by atoms with Crippen molar-refractivity contribution < 1.29 is 4.79 Å². The average Bonchev–Trinajstić information content (AvgIpc) is 3.00. The van der Waals surface area contributed by atoms with Gasteiger partial charge >= 0.3 is 0 Å². The quantitative estimate of drug-likeness (QED) is 0.877. The molecule has 2 aromatic rings. The van der Waals surface area contributed by atoms with Crippen molar-refractivity contribution in [3.05, 3.63) is 52.0 Å². The second-order valence-electron chi connectivity index (χ2n) is 6.48. The summed E-state index contributed by atoms with van der Waals surface area (Å²) in [5, 5.41) is 3.20. The smallest absolute Gasteiger partial charge is 0.225 e. The molecule has 1 fully saturated rings. The molecule has 1 aliphatic rings. The zero-order valence-electron chi connectivity index (χ0n) is 14.2. The summed E-state index contributed by atoms with van der Waals surface area (Å²) in [6, 6.07) is 8.63. The minimum absolute atomic E-state index is 0.159. The van der Waals surface area contributed by atoms with Gasteiger partial charge in [0, 0.05) is 47.8 Å². The summed E-state index contributed by atoms with van der Waals surface area (Å²) in [5.74, 6) is 0.159. The van der Waals surface area contributed by atoms with E-state index < -0.39 is 0 Å². The second-order valence-corrected chi connectivity index (χ2v) is 7.85. The van der Waals surface area contributed by atoms with Crippen LogP contribution < -0.4 is 5.32 Å². The van der Waals surface area contributed by atoms with E-state index in [9.17, 15) is 4.79 Å². The van der Waals surface area contributed by atoms with Crippen LogP contribution in [0, 0.1) is 6.92 Å². The van der Waals surface area contributed by atoms with Crippen molar-refractivity contribution in [2.75, 3.05) is 19.6 Å². The first-order valence-electron chi connectivity index (χ1n) is 8.65. The van der Waals surface area contributed by atoms with E-state index in [1.807, 2.05) is 12.4 Å². The predicted octanol–water partition coefficient (Wildman–Crippen LogP) is 2.82. The molecule has 1 N–H and O–H groups in total. The maximum atomic E-state index is 12.2. The standard InChI is InChI=1S/C19H25N3OS/c1-15-2-3-18(24-15)14-19(23)21-17-7-12-22(13-8-17)11-6-16-4-9-20-10-5-16/h2-5,9-10,17H,6-8,11-14H2,1H3,(H,21,23). The first-order valence-corrected chi connectivity index (χ1v) is 9.46. The van der Waals surface area contributed by atoms with Crippen LogP contribution in [0.2, 0.25) is 0 Å². The second kappa shape index (κ2) is 8.40. The Hall–Kier alpha value is -1.72. The number of thiophene rings is 1. The molecule has 0 aliphatic carbocycles. The van der Waals surface area contributed by atoms with Gasteiger partial charge in [-0.3, -0.25) is 9.78 Å². The van der Waals surface area contributed by atoms with Gasteiger partial charge in [-0.1, -0.05) is 0 Å². The lowest BCUT2D eigenvalue weighted by Gasteiger charge is -2.32. The maximum absolute atomic E-state index is 12.2. The van der Waals surface area contributed by atoms with Crippen molar-refractivity contribution in [1.82, 2.24) is 15.2 Å². The molecule has 0 saturated carbocycles. The van der Waals surface area contributed by atoms with E-state index in [1.54, 1.807) is 11.3 Å². The molecular weight excluding hydrogens is 318 g/mol. The molecule has 3 heterocycles. The minimum atomic E-state index is 0.159. The third kappa shape index (κ3) is 5.14. The van der Waals surface area contributed by atoms with Gasteiger partial charge in [0.15, 0.2) is 0 Å². The molecule has 0 bridgehead atoms. The van der Waals surface area contributed by atoms with E-state index in [0.717, 1.165) is 43.8 Å². The Morgan fingerprint density at radius 2 is 2.00 bits per heavy atom. The van der Waals surface area contributed by atoms with Crippen molar-refractivity contribution in [2.24, 2.45) is 0 Å². The molecular formula is C19H25N3OS. The van der Waals surface area contributed by atoms with Crippen LogP contribution in [0.5, 0.6) is 0 Å². The van der Waals surface area contributed by atoms with E-state index in [0.29, 0.717) is 12.5 Å². The van der Waals surface area contributed by atoms with Crippen molar-refractivity contribution >= 4 is 17.2 Å². The molecule has 4 nitrogen and oxygen atoms in total. The summed E-state index contributed by atoms with van der Waals surface area (Å²) in [7, 11) is 0. The number of nitrogens with zero attached hydrogens (tertiary/aromatic N) is 2. The molecule has 1 aliphatic heterocycles. The molecule has 3 rings (SSSR count). The lowest BCUT2D eigenvalue weighted by Crippen LogP contribution is -2.45. The number of nitrogens with one attached hydrogen (secondary N) is 1. The van der Waals surface area contributed by atoms with Crippen LogP contribution in [0.1, 0.15) is 28.2 Å². The zero-order valence-corrected chi connectivity index (χ0v) is 15.0. The Morgan fingerprint density at radius 3 is 2.67 bits per heavy atom. The van der Waals surface area contributed by atoms with E-state index in [1.165, 1.54) is 10.4 Å². The number of carbonyl (C=O) groups excluding carboxylic acids is 1. The van der Waals surface area contributed by atoms with Crippen LogP contribution in [0.3, 0.4) is 0 Å². The molecule has 5 heteroatoms.